The molecule has 0 fully saturated rings. The number of benzene rings is 1. The number of nitrogens with one attached hydrogen (secondary N) is 1. The van der Waals surface area contributed by atoms with Crippen LogP contribution < -0.4 is 5.32 Å². The predicted molar refractivity (Wildman–Crippen MR) is 81.5 cm³/mol. The number of hydrogen-bond acceptors (Lipinski definition) is 3. The van der Waals surface area contributed by atoms with E-state index in [9.17, 15) is 14.0 Å². The maximum absolute atomic E-state index is 13.6. The Morgan fingerprint density at radius 1 is 1.24 bits per heavy atom. The van der Waals surface area contributed by atoms with E-state index < -0.39 is 11.7 Å². The quantitative estimate of drug-likeness (QED) is 0.571. The van der Waals surface area contributed by atoms with Crippen LogP contribution in [0.25, 0.3) is 0 Å². The molecule has 0 spiro atoms. The average Bonchev–Trinajstić information content (AvgIpc) is 2.45. The number of esters is 1. The number of hydrogen-bond donors (Lipinski definition) is 1. The Kier molecular flexibility index (Phi) is 7.97. The minimum Gasteiger partial charge on any atom is -0.469 e. The van der Waals surface area contributed by atoms with Gasteiger partial charge in [0.1, 0.15) is 5.82 Å². The Labute approximate surface area is 132 Å². The minimum absolute atomic E-state index is 0.0453. The van der Waals surface area contributed by atoms with Crippen LogP contribution in [0.15, 0.2) is 22.7 Å². The SMILES string of the molecule is COC(=O)CCCCCCNC(=O)c1ccc(Br)cc1F. The Hall–Kier alpha value is -1.43. The van der Waals surface area contributed by atoms with E-state index in [0.29, 0.717) is 17.4 Å². The molecule has 0 radical (unpaired) electrons. The first-order valence-corrected chi connectivity index (χ1v) is 7.64. The summed E-state index contributed by atoms with van der Waals surface area (Å²) in [6, 6.07) is 4.34. The van der Waals surface area contributed by atoms with Gasteiger partial charge in [0.25, 0.3) is 5.91 Å². The molecule has 6 heteroatoms. The van der Waals surface area contributed by atoms with Gasteiger partial charge in [0.05, 0.1) is 12.7 Å². The highest BCUT2D eigenvalue weighted by Crippen LogP contribution is 2.15. The molecule has 0 atom stereocenters. The van der Waals surface area contributed by atoms with Crippen molar-refractivity contribution in [1.29, 1.82) is 0 Å². The number of ether oxygens (including phenoxy) is 1. The first-order valence-electron chi connectivity index (χ1n) is 6.84. The summed E-state index contributed by atoms with van der Waals surface area (Å²) in [4.78, 5) is 22.7. The second kappa shape index (κ2) is 9.50. The Balaban J connectivity index is 2.18. The van der Waals surface area contributed by atoms with E-state index in [1.807, 2.05) is 0 Å². The largest absolute Gasteiger partial charge is 0.469 e. The summed E-state index contributed by atoms with van der Waals surface area (Å²) in [6.45, 7) is 0.493. The van der Waals surface area contributed by atoms with E-state index in [1.165, 1.54) is 19.2 Å². The van der Waals surface area contributed by atoms with Crippen LogP contribution in [0.3, 0.4) is 0 Å². The zero-order valence-corrected chi connectivity index (χ0v) is 13.5. The van der Waals surface area contributed by atoms with Crippen molar-refractivity contribution in [3.05, 3.63) is 34.1 Å². The fourth-order valence-corrected chi connectivity index (χ4v) is 2.15. The number of rotatable bonds is 8. The van der Waals surface area contributed by atoms with Gasteiger partial charge in [0.2, 0.25) is 0 Å². The zero-order valence-electron chi connectivity index (χ0n) is 12.0. The lowest BCUT2D eigenvalue weighted by molar-refractivity contribution is -0.140. The summed E-state index contributed by atoms with van der Waals surface area (Å²) in [5.41, 5.74) is 0.0453. The summed E-state index contributed by atoms with van der Waals surface area (Å²) in [7, 11) is 1.37. The number of methoxy groups -OCH3 is 1. The number of halogens is 2. The lowest BCUT2D eigenvalue weighted by Crippen LogP contribution is -2.25. The average molecular weight is 360 g/mol. The number of carbonyl (C=O) groups is 2. The van der Waals surface area contributed by atoms with Crippen LogP contribution in [0.2, 0.25) is 0 Å². The minimum atomic E-state index is -0.542. The van der Waals surface area contributed by atoms with Gasteiger partial charge in [-0.1, -0.05) is 28.8 Å². The molecule has 1 N–H and O–H groups in total. The molecule has 116 valence electrons. The van der Waals surface area contributed by atoms with Crippen LogP contribution in [0.4, 0.5) is 4.39 Å². The van der Waals surface area contributed by atoms with Crippen LogP contribution in [-0.4, -0.2) is 25.5 Å². The van der Waals surface area contributed by atoms with E-state index in [-0.39, 0.29) is 11.5 Å². The molecule has 0 aromatic heterocycles. The molecular weight excluding hydrogens is 341 g/mol. The van der Waals surface area contributed by atoms with Crippen LogP contribution in [0.5, 0.6) is 0 Å². The van der Waals surface area contributed by atoms with Gasteiger partial charge in [0.15, 0.2) is 0 Å². The fourth-order valence-electron chi connectivity index (χ4n) is 1.82. The van der Waals surface area contributed by atoms with E-state index in [1.54, 1.807) is 6.07 Å². The molecule has 21 heavy (non-hydrogen) atoms. The molecule has 0 aliphatic rings. The third kappa shape index (κ3) is 6.71. The maximum atomic E-state index is 13.6. The van der Waals surface area contributed by atoms with Crippen molar-refractivity contribution in [2.75, 3.05) is 13.7 Å². The van der Waals surface area contributed by atoms with E-state index >= 15 is 0 Å². The molecular formula is C15H19BrFNO3. The molecule has 1 aromatic carbocycles. The topological polar surface area (TPSA) is 55.4 Å². The Morgan fingerprint density at radius 3 is 2.62 bits per heavy atom. The van der Waals surface area contributed by atoms with Crippen molar-refractivity contribution in [3.8, 4) is 0 Å². The summed E-state index contributed by atoms with van der Waals surface area (Å²) >= 11 is 3.14. The smallest absolute Gasteiger partial charge is 0.305 e. The Morgan fingerprint density at radius 2 is 1.95 bits per heavy atom. The number of amides is 1. The molecule has 1 rings (SSSR count). The summed E-state index contributed by atoms with van der Waals surface area (Å²) < 4.78 is 18.7. The van der Waals surface area contributed by atoms with Gasteiger partial charge in [-0.3, -0.25) is 9.59 Å². The number of unbranched alkanes of at least 4 members (excludes halogenated alkanes) is 3. The molecule has 0 aliphatic heterocycles. The molecule has 0 bridgehead atoms. The van der Waals surface area contributed by atoms with Crippen LogP contribution >= 0.6 is 15.9 Å². The van der Waals surface area contributed by atoms with Gasteiger partial charge in [-0.2, -0.15) is 0 Å². The Bertz CT molecular complexity index is 494. The van der Waals surface area contributed by atoms with Gasteiger partial charge < -0.3 is 10.1 Å². The van der Waals surface area contributed by atoms with Crippen molar-refractivity contribution >= 4 is 27.8 Å². The fraction of sp³-hybridized carbons (Fsp3) is 0.467. The second-order valence-corrected chi connectivity index (χ2v) is 5.54. The highest BCUT2D eigenvalue weighted by molar-refractivity contribution is 9.10. The molecule has 1 amide bonds. The molecule has 0 heterocycles. The molecule has 0 saturated carbocycles. The van der Waals surface area contributed by atoms with E-state index in [4.69, 9.17) is 0 Å². The maximum Gasteiger partial charge on any atom is 0.305 e. The monoisotopic (exact) mass is 359 g/mol. The second-order valence-electron chi connectivity index (χ2n) is 4.62. The number of carbonyl (C=O) groups excluding carboxylic acids is 2. The van der Waals surface area contributed by atoms with Crippen molar-refractivity contribution in [3.63, 3.8) is 0 Å². The summed E-state index contributed by atoms with van der Waals surface area (Å²) in [6.07, 6.45) is 3.80. The first kappa shape index (κ1) is 17.6. The zero-order chi connectivity index (χ0) is 15.7. The highest BCUT2D eigenvalue weighted by atomic mass is 79.9. The lowest BCUT2D eigenvalue weighted by atomic mass is 10.1. The van der Waals surface area contributed by atoms with E-state index in [2.05, 4.69) is 26.0 Å². The lowest BCUT2D eigenvalue weighted by Gasteiger charge is -2.06. The first-order chi connectivity index (χ1) is 10.0. The standard InChI is InChI=1S/C15H19BrFNO3/c1-21-14(19)6-4-2-3-5-9-18-15(20)12-8-7-11(16)10-13(12)17/h7-8,10H,2-6,9H2,1H3,(H,18,20). The van der Waals surface area contributed by atoms with Crippen molar-refractivity contribution < 1.29 is 18.7 Å². The molecule has 1 aromatic rings. The van der Waals surface area contributed by atoms with Crippen LogP contribution in [-0.2, 0) is 9.53 Å². The van der Waals surface area contributed by atoms with Gasteiger partial charge in [-0.05, 0) is 31.0 Å². The summed E-state index contributed by atoms with van der Waals surface area (Å²) in [5, 5.41) is 2.68. The van der Waals surface area contributed by atoms with Crippen molar-refractivity contribution in [1.82, 2.24) is 5.32 Å². The van der Waals surface area contributed by atoms with Gasteiger partial charge in [-0.25, -0.2) is 4.39 Å². The van der Waals surface area contributed by atoms with Crippen molar-refractivity contribution in [2.45, 2.75) is 32.1 Å². The third-order valence-corrected chi connectivity index (χ3v) is 3.49. The van der Waals surface area contributed by atoms with Crippen LogP contribution in [0, 0.1) is 5.82 Å². The molecule has 0 saturated heterocycles. The molecule has 0 aliphatic carbocycles. The highest BCUT2D eigenvalue weighted by Gasteiger charge is 2.10. The van der Waals surface area contributed by atoms with E-state index in [0.717, 1.165) is 25.7 Å². The van der Waals surface area contributed by atoms with Crippen molar-refractivity contribution in [2.24, 2.45) is 0 Å². The normalized spacial score (nSPS) is 10.2. The molecule has 0 unspecified atom stereocenters. The summed E-state index contributed by atoms with van der Waals surface area (Å²) in [5.74, 6) is -1.15. The third-order valence-electron chi connectivity index (χ3n) is 3.00. The van der Waals surface area contributed by atoms with Gasteiger partial charge >= 0.3 is 5.97 Å². The van der Waals surface area contributed by atoms with Crippen LogP contribution in [0.1, 0.15) is 42.5 Å². The molecule has 4 nitrogen and oxygen atoms in total. The van der Waals surface area contributed by atoms with Gasteiger partial charge in [0, 0.05) is 17.4 Å². The predicted octanol–water partition coefficient (Wildman–Crippen LogP) is 3.44. The van der Waals surface area contributed by atoms with Gasteiger partial charge in [-0.15, -0.1) is 0 Å².